The van der Waals surface area contributed by atoms with Crippen LogP contribution in [0.4, 0.5) is 5.69 Å². The second-order valence-electron chi connectivity index (χ2n) is 8.43. The zero-order chi connectivity index (χ0) is 20.3. The van der Waals surface area contributed by atoms with Gasteiger partial charge in [-0.2, -0.15) is 0 Å². The first-order chi connectivity index (χ1) is 14.8. The summed E-state index contributed by atoms with van der Waals surface area (Å²) >= 11 is 1.65. The van der Waals surface area contributed by atoms with E-state index in [9.17, 15) is 0 Å². The number of aromatic nitrogens is 3. The van der Waals surface area contributed by atoms with Crippen LogP contribution in [0.1, 0.15) is 53.6 Å². The Kier molecular flexibility index (Phi) is 5.77. The van der Waals surface area contributed by atoms with Gasteiger partial charge in [0.15, 0.2) is 0 Å². The van der Waals surface area contributed by atoms with Gasteiger partial charge in [0.05, 0.1) is 17.9 Å². The summed E-state index contributed by atoms with van der Waals surface area (Å²) in [5.41, 5.74) is 6.61. The second-order valence-corrected chi connectivity index (χ2v) is 9.04. The first-order valence-electron chi connectivity index (χ1n) is 10.9. The quantitative estimate of drug-likeness (QED) is 0.577. The standard InChI is InChI=1S/C24H29N5S/c1-30-26-21-7-4-6-20(15-21)18-11-13-28(14-12-18)16-22-17-29(27-25-22)24-10-9-19-5-2-3-8-23(19)24/h2-8,15,17-18,24,26H,9-14,16H2,1H3. The van der Waals surface area contributed by atoms with Gasteiger partial charge in [0.25, 0.3) is 0 Å². The maximum absolute atomic E-state index is 4.50. The van der Waals surface area contributed by atoms with Gasteiger partial charge >= 0.3 is 0 Å². The van der Waals surface area contributed by atoms with Crippen molar-refractivity contribution in [3.05, 3.63) is 77.1 Å². The maximum Gasteiger partial charge on any atom is 0.0967 e. The fraction of sp³-hybridized carbons (Fsp3) is 0.417. The van der Waals surface area contributed by atoms with Gasteiger partial charge in [-0.3, -0.25) is 4.90 Å². The van der Waals surface area contributed by atoms with E-state index in [1.54, 1.807) is 11.9 Å². The number of anilines is 1. The molecule has 1 unspecified atom stereocenters. The molecule has 2 heterocycles. The Morgan fingerprint density at radius 2 is 1.93 bits per heavy atom. The molecule has 30 heavy (non-hydrogen) atoms. The predicted octanol–water partition coefficient (Wildman–Crippen LogP) is 4.88. The third kappa shape index (κ3) is 4.12. The SMILES string of the molecule is CSNc1cccc(C2CCN(Cc3cn(C4CCc5ccccc54)nn3)CC2)c1. The smallest absolute Gasteiger partial charge is 0.0967 e. The van der Waals surface area contributed by atoms with E-state index < -0.39 is 0 Å². The van der Waals surface area contributed by atoms with Gasteiger partial charge < -0.3 is 4.72 Å². The zero-order valence-electron chi connectivity index (χ0n) is 17.5. The summed E-state index contributed by atoms with van der Waals surface area (Å²) in [5.74, 6) is 0.649. The van der Waals surface area contributed by atoms with E-state index >= 15 is 0 Å². The Bertz CT molecular complexity index is 993. The van der Waals surface area contributed by atoms with Crippen LogP contribution in [0.25, 0.3) is 0 Å². The van der Waals surface area contributed by atoms with Crippen molar-refractivity contribution in [2.75, 3.05) is 24.1 Å². The summed E-state index contributed by atoms with van der Waals surface area (Å²) in [6.07, 6.45) is 8.89. The molecule has 5 nitrogen and oxygen atoms in total. The number of aryl methyl sites for hydroxylation is 1. The number of nitrogens with one attached hydrogen (secondary N) is 1. The molecule has 0 amide bonds. The molecule has 1 atom stereocenters. The largest absolute Gasteiger partial charge is 0.330 e. The van der Waals surface area contributed by atoms with E-state index in [1.165, 1.54) is 35.2 Å². The summed E-state index contributed by atoms with van der Waals surface area (Å²) in [6.45, 7) is 3.13. The van der Waals surface area contributed by atoms with Gasteiger partial charge in [0.1, 0.15) is 0 Å². The Morgan fingerprint density at radius 3 is 2.80 bits per heavy atom. The number of piperidine rings is 1. The van der Waals surface area contributed by atoms with Crippen LogP contribution < -0.4 is 4.72 Å². The minimum absolute atomic E-state index is 0.343. The average Bonchev–Trinajstić information content (AvgIpc) is 3.41. The van der Waals surface area contributed by atoms with E-state index in [2.05, 4.69) is 85.6 Å². The summed E-state index contributed by atoms with van der Waals surface area (Å²) in [4.78, 5) is 2.53. The minimum Gasteiger partial charge on any atom is -0.330 e. The molecule has 1 aliphatic carbocycles. The van der Waals surface area contributed by atoms with E-state index in [-0.39, 0.29) is 0 Å². The Morgan fingerprint density at radius 1 is 1.07 bits per heavy atom. The number of rotatable bonds is 6. The molecule has 1 aliphatic heterocycles. The van der Waals surface area contributed by atoms with Crippen LogP contribution in [-0.4, -0.2) is 39.2 Å². The van der Waals surface area contributed by atoms with Crippen LogP contribution in [0, 0.1) is 0 Å². The van der Waals surface area contributed by atoms with Crippen LogP contribution in [0.3, 0.4) is 0 Å². The van der Waals surface area contributed by atoms with Gasteiger partial charge in [-0.1, -0.05) is 53.6 Å². The number of hydrogen-bond donors (Lipinski definition) is 1. The van der Waals surface area contributed by atoms with E-state index in [0.29, 0.717) is 12.0 Å². The van der Waals surface area contributed by atoms with Crippen molar-refractivity contribution in [1.29, 1.82) is 0 Å². The molecule has 1 aromatic heterocycles. The molecule has 1 fully saturated rings. The van der Waals surface area contributed by atoms with Crippen molar-refractivity contribution in [1.82, 2.24) is 19.9 Å². The highest BCUT2D eigenvalue weighted by molar-refractivity contribution is 7.99. The highest BCUT2D eigenvalue weighted by Gasteiger charge is 2.25. The monoisotopic (exact) mass is 419 g/mol. The zero-order valence-corrected chi connectivity index (χ0v) is 18.3. The Hall–Kier alpha value is -2.31. The lowest BCUT2D eigenvalue weighted by Crippen LogP contribution is -2.32. The number of fused-ring (bicyclic) bond motifs is 1. The lowest BCUT2D eigenvalue weighted by atomic mass is 9.89. The van der Waals surface area contributed by atoms with E-state index in [4.69, 9.17) is 0 Å². The highest BCUT2D eigenvalue weighted by Crippen LogP contribution is 2.34. The van der Waals surface area contributed by atoms with Crippen LogP contribution >= 0.6 is 11.9 Å². The van der Waals surface area contributed by atoms with Crippen LogP contribution in [-0.2, 0) is 13.0 Å². The van der Waals surface area contributed by atoms with Gasteiger partial charge in [-0.25, -0.2) is 4.68 Å². The first kappa shape index (κ1) is 19.6. The molecule has 3 aromatic rings. The number of likely N-dealkylation sites (tertiary alicyclic amines) is 1. The molecule has 6 heteroatoms. The van der Waals surface area contributed by atoms with Gasteiger partial charge in [-0.15, -0.1) is 5.10 Å². The minimum atomic E-state index is 0.343. The maximum atomic E-state index is 4.50. The van der Waals surface area contributed by atoms with Crippen molar-refractivity contribution < 1.29 is 0 Å². The highest BCUT2D eigenvalue weighted by atomic mass is 32.2. The third-order valence-electron chi connectivity index (χ3n) is 6.53. The number of nitrogens with zero attached hydrogens (tertiary/aromatic N) is 4. The average molecular weight is 420 g/mol. The fourth-order valence-corrected chi connectivity index (χ4v) is 5.34. The molecule has 0 saturated carbocycles. The molecule has 0 bridgehead atoms. The van der Waals surface area contributed by atoms with Gasteiger partial charge in [0, 0.05) is 18.5 Å². The molecule has 2 aliphatic rings. The van der Waals surface area contributed by atoms with E-state index in [0.717, 1.165) is 38.2 Å². The van der Waals surface area contributed by atoms with Crippen molar-refractivity contribution in [2.45, 2.75) is 44.2 Å². The third-order valence-corrected chi connectivity index (χ3v) is 6.97. The van der Waals surface area contributed by atoms with Crippen molar-refractivity contribution in [3.63, 3.8) is 0 Å². The predicted molar refractivity (Wildman–Crippen MR) is 124 cm³/mol. The molecule has 0 spiro atoms. The summed E-state index contributed by atoms with van der Waals surface area (Å²) in [5, 5.41) is 8.98. The van der Waals surface area contributed by atoms with Crippen molar-refractivity contribution in [3.8, 4) is 0 Å². The van der Waals surface area contributed by atoms with Gasteiger partial charge in [-0.05, 0) is 73.5 Å². The van der Waals surface area contributed by atoms with Crippen LogP contribution in [0.15, 0.2) is 54.7 Å². The summed E-state index contributed by atoms with van der Waals surface area (Å²) in [7, 11) is 0. The summed E-state index contributed by atoms with van der Waals surface area (Å²) < 4.78 is 5.43. The van der Waals surface area contributed by atoms with Crippen molar-refractivity contribution in [2.24, 2.45) is 0 Å². The topological polar surface area (TPSA) is 46.0 Å². The molecule has 5 rings (SSSR count). The fourth-order valence-electron chi connectivity index (χ4n) is 4.98. The molecule has 2 aromatic carbocycles. The second kappa shape index (κ2) is 8.82. The molecular formula is C24H29N5S. The van der Waals surface area contributed by atoms with Crippen molar-refractivity contribution >= 4 is 17.6 Å². The molecule has 0 radical (unpaired) electrons. The number of hydrogen-bond acceptors (Lipinski definition) is 5. The first-order valence-corrected chi connectivity index (χ1v) is 12.1. The Labute approximate surface area is 183 Å². The molecular weight excluding hydrogens is 390 g/mol. The number of benzene rings is 2. The molecule has 1 N–H and O–H groups in total. The van der Waals surface area contributed by atoms with Crippen LogP contribution in [0.5, 0.6) is 0 Å². The lowest BCUT2D eigenvalue weighted by molar-refractivity contribution is 0.202. The van der Waals surface area contributed by atoms with Gasteiger partial charge in [0.2, 0.25) is 0 Å². The Balaban J connectivity index is 1.18. The lowest BCUT2D eigenvalue weighted by Gasteiger charge is -2.31. The van der Waals surface area contributed by atoms with Crippen LogP contribution in [0.2, 0.25) is 0 Å². The summed E-state index contributed by atoms with van der Waals surface area (Å²) in [6, 6.07) is 18.0. The molecule has 156 valence electrons. The van der Waals surface area contributed by atoms with E-state index in [1.807, 2.05) is 0 Å². The normalized spacial score (nSPS) is 19.7. The molecule has 1 saturated heterocycles.